The quantitative estimate of drug-likeness (QED) is 0.543. The molecule has 3 aromatic carbocycles. The Balaban J connectivity index is 1.73. The van der Waals surface area contributed by atoms with Crippen LogP contribution in [-0.4, -0.2) is 29.3 Å². The van der Waals surface area contributed by atoms with Gasteiger partial charge in [-0.25, -0.2) is 0 Å². The molecular formula is C22H20N2O4S2. The molecule has 0 aromatic heterocycles. The van der Waals surface area contributed by atoms with Crippen molar-refractivity contribution in [2.24, 2.45) is 8.80 Å². The Bertz CT molecular complexity index is 1190. The van der Waals surface area contributed by atoms with Crippen LogP contribution in [0.1, 0.15) is 22.3 Å². The lowest BCUT2D eigenvalue weighted by Gasteiger charge is -2.00. The van der Waals surface area contributed by atoms with E-state index in [1.807, 2.05) is 13.8 Å². The molecule has 0 spiro atoms. The second-order valence-corrected chi connectivity index (χ2v) is 9.98. The molecule has 3 aromatic rings. The van der Waals surface area contributed by atoms with Gasteiger partial charge >= 0.3 is 0 Å². The summed E-state index contributed by atoms with van der Waals surface area (Å²) in [5.41, 5.74) is 3.03. The number of benzene rings is 3. The standard InChI is InChI=1S/C22H20N2O4S2/c1-17-3-11-21(12-4-17)29(25,26)23-15-19-7-9-20(10-8-19)16-24-30(27,28)22-13-5-18(2)6-14-22/h3-16H,1-2H3/b23-15+,24-16+. The average Bonchev–Trinajstić information content (AvgIpc) is 2.72. The molecule has 0 atom stereocenters. The van der Waals surface area contributed by atoms with Crippen molar-refractivity contribution in [1.29, 1.82) is 0 Å². The minimum atomic E-state index is -3.78. The lowest BCUT2D eigenvalue weighted by atomic mass is 10.2. The van der Waals surface area contributed by atoms with E-state index in [-0.39, 0.29) is 9.79 Å². The highest BCUT2D eigenvalue weighted by molar-refractivity contribution is 7.90. The Labute approximate surface area is 176 Å². The smallest absolute Gasteiger partial charge is 0.199 e. The highest BCUT2D eigenvalue weighted by atomic mass is 32.2. The number of hydrogen-bond donors (Lipinski definition) is 0. The van der Waals surface area contributed by atoms with Gasteiger partial charge in [0.25, 0.3) is 20.0 Å². The third-order valence-electron chi connectivity index (χ3n) is 4.26. The fraction of sp³-hybridized carbons (Fsp3) is 0.0909. The Morgan fingerprint density at radius 2 is 0.833 bits per heavy atom. The van der Waals surface area contributed by atoms with E-state index in [2.05, 4.69) is 8.80 Å². The molecule has 8 heteroatoms. The molecule has 0 N–H and O–H groups in total. The van der Waals surface area contributed by atoms with Gasteiger partial charge in [-0.05, 0) is 49.2 Å². The summed E-state index contributed by atoms with van der Waals surface area (Å²) in [6, 6.07) is 19.4. The normalized spacial score (nSPS) is 12.6. The van der Waals surface area contributed by atoms with Gasteiger partial charge in [0, 0.05) is 12.4 Å². The molecule has 0 heterocycles. The van der Waals surface area contributed by atoms with Gasteiger partial charge < -0.3 is 0 Å². The molecular weight excluding hydrogens is 420 g/mol. The molecule has 0 unspecified atom stereocenters. The van der Waals surface area contributed by atoms with Crippen LogP contribution in [0.3, 0.4) is 0 Å². The summed E-state index contributed by atoms with van der Waals surface area (Å²) in [4.78, 5) is 0.240. The lowest BCUT2D eigenvalue weighted by molar-refractivity contribution is 0.596. The van der Waals surface area contributed by atoms with Gasteiger partial charge in [-0.1, -0.05) is 59.7 Å². The molecule has 0 saturated carbocycles. The fourth-order valence-electron chi connectivity index (χ4n) is 2.47. The molecule has 30 heavy (non-hydrogen) atoms. The first-order valence-corrected chi connectivity index (χ1v) is 11.9. The van der Waals surface area contributed by atoms with Crippen LogP contribution >= 0.6 is 0 Å². The van der Waals surface area contributed by atoms with Gasteiger partial charge in [0.1, 0.15) is 0 Å². The monoisotopic (exact) mass is 440 g/mol. The summed E-state index contributed by atoms with van der Waals surface area (Å²) in [6.45, 7) is 3.74. The maximum atomic E-state index is 12.3. The molecule has 0 aliphatic carbocycles. The third-order valence-corrected chi connectivity index (χ3v) is 6.76. The van der Waals surface area contributed by atoms with Crippen LogP contribution in [0.15, 0.2) is 91.4 Å². The molecule has 0 radical (unpaired) electrons. The van der Waals surface area contributed by atoms with E-state index in [1.165, 1.54) is 36.7 Å². The first-order chi connectivity index (χ1) is 14.2. The topological polar surface area (TPSA) is 93.0 Å². The molecule has 0 amide bonds. The maximum absolute atomic E-state index is 12.3. The van der Waals surface area contributed by atoms with E-state index in [4.69, 9.17) is 0 Å². The maximum Gasteiger partial charge on any atom is 0.282 e. The van der Waals surface area contributed by atoms with Gasteiger partial charge in [-0.15, -0.1) is 0 Å². The molecule has 0 aliphatic rings. The van der Waals surface area contributed by atoms with E-state index < -0.39 is 20.0 Å². The summed E-state index contributed by atoms with van der Waals surface area (Å²) in [5, 5.41) is 0. The van der Waals surface area contributed by atoms with E-state index in [0.29, 0.717) is 11.1 Å². The fourth-order valence-corrected chi connectivity index (χ4v) is 4.20. The van der Waals surface area contributed by atoms with Crippen molar-refractivity contribution in [1.82, 2.24) is 0 Å². The zero-order valence-corrected chi connectivity index (χ0v) is 18.1. The summed E-state index contributed by atoms with van der Waals surface area (Å²) in [7, 11) is -7.57. The Morgan fingerprint density at radius 1 is 0.533 bits per heavy atom. The molecule has 154 valence electrons. The van der Waals surface area contributed by atoms with Gasteiger partial charge in [-0.3, -0.25) is 0 Å². The van der Waals surface area contributed by atoms with Crippen molar-refractivity contribution < 1.29 is 16.8 Å². The van der Waals surface area contributed by atoms with E-state index in [1.54, 1.807) is 48.5 Å². The van der Waals surface area contributed by atoms with E-state index in [0.717, 1.165) is 11.1 Å². The van der Waals surface area contributed by atoms with Gasteiger partial charge in [-0.2, -0.15) is 25.6 Å². The molecule has 0 bridgehead atoms. The van der Waals surface area contributed by atoms with Gasteiger partial charge in [0.2, 0.25) is 0 Å². The van der Waals surface area contributed by atoms with Crippen LogP contribution in [0.4, 0.5) is 0 Å². The van der Waals surface area contributed by atoms with Crippen molar-refractivity contribution >= 4 is 32.5 Å². The number of rotatable bonds is 6. The molecule has 0 fully saturated rings. The Hall–Kier alpha value is -3.10. The van der Waals surface area contributed by atoms with E-state index in [9.17, 15) is 16.8 Å². The minimum absolute atomic E-state index is 0.120. The molecule has 0 aliphatic heterocycles. The highest BCUT2D eigenvalue weighted by Gasteiger charge is 2.12. The van der Waals surface area contributed by atoms with Crippen molar-refractivity contribution in [3.63, 3.8) is 0 Å². The summed E-state index contributed by atoms with van der Waals surface area (Å²) < 4.78 is 56.5. The second kappa shape index (κ2) is 8.73. The number of sulfonamides is 2. The van der Waals surface area contributed by atoms with Gasteiger partial charge in [0.05, 0.1) is 9.79 Å². The van der Waals surface area contributed by atoms with Crippen LogP contribution in [0, 0.1) is 13.8 Å². The third kappa shape index (κ3) is 5.49. The predicted octanol–water partition coefficient (Wildman–Crippen LogP) is 3.92. The lowest BCUT2D eigenvalue weighted by Crippen LogP contribution is -1.98. The summed E-state index contributed by atoms with van der Waals surface area (Å²) >= 11 is 0. The van der Waals surface area contributed by atoms with Crippen molar-refractivity contribution in [3.05, 3.63) is 95.1 Å². The number of hydrogen-bond acceptors (Lipinski definition) is 4. The Kier molecular flexibility index (Phi) is 6.28. The van der Waals surface area contributed by atoms with Crippen LogP contribution in [0.2, 0.25) is 0 Å². The zero-order valence-electron chi connectivity index (χ0n) is 16.4. The van der Waals surface area contributed by atoms with Crippen molar-refractivity contribution in [2.45, 2.75) is 23.6 Å². The van der Waals surface area contributed by atoms with Crippen molar-refractivity contribution in [3.8, 4) is 0 Å². The largest absolute Gasteiger partial charge is 0.282 e. The number of nitrogens with zero attached hydrogens (tertiary/aromatic N) is 2. The Morgan fingerprint density at radius 3 is 1.13 bits per heavy atom. The second-order valence-electron chi connectivity index (χ2n) is 6.71. The molecule has 6 nitrogen and oxygen atoms in total. The predicted molar refractivity (Wildman–Crippen MR) is 118 cm³/mol. The number of aryl methyl sites for hydroxylation is 2. The van der Waals surface area contributed by atoms with Crippen LogP contribution in [-0.2, 0) is 20.0 Å². The zero-order chi connectivity index (χ0) is 21.8. The first kappa shape index (κ1) is 21.6. The SMILES string of the molecule is Cc1ccc(S(=O)(=O)/N=C/c2ccc(/C=N/S(=O)(=O)c3ccc(C)cc3)cc2)cc1. The van der Waals surface area contributed by atoms with Crippen LogP contribution in [0.25, 0.3) is 0 Å². The van der Waals surface area contributed by atoms with Gasteiger partial charge in [0.15, 0.2) is 0 Å². The molecule has 0 saturated heterocycles. The summed E-state index contributed by atoms with van der Waals surface area (Å²) in [6.07, 6.45) is 2.50. The van der Waals surface area contributed by atoms with E-state index >= 15 is 0 Å². The first-order valence-electron chi connectivity index (χ1n) is 9.00. The summed E-state index contributed by atoms with van der Waals surface area (Å²) in [5.74, 6) is 0. The average molecular weight is 441 g/mol. The highest BCUT2D eigenvalue weighted by Crippen LogP contribution is 2.15. The van der Waals surface area contributed by atoms with Crippen molar-refractivity contribution in [2.75, 3.05) is 0 Å². The van der Waals surface area contributed by atoms with Crippen LogP contribution < -0.4 is 0 Å². The molecule has 3 rings (SSSR count). The minimum Gasteiger partial charge on any atom is -0.199 e. The van der Waals surface area contributed by atoms with Crippen LogP contribution in [0.5, 0.6) is 0 Å².